The summed E-state index contributed by atoms with van der Waals surface area (Å²) in [7, 11) is 0. The highest BCUT2D eigenvalue weighted by atomic mass is 19.4. The molecule has 21 heavy (non-hydrogen) atoms. The van der Waals surface area contributed by atoms with Crippen LogP contribution in [0.3, 0.4) is 0 Å². The van der Waals surface area contributed by atoms with Gasteiger partial charge in [0, 0.05) is 12.6 Å². The van der Waals surface area contributed by atoms with Gasteiger partial charge in [-0.2, -0.15) is 13.2 Å². The van der Waals surface area contributed by atoms with Crippen molar-refractivity contribution >= 4 is 0 Å². The first-order valence-corrected chi connectivity index (χ1v) is 7.43. The third-order valence-electron chi connectivity index (χ3n) is 4.45. The van der Waals surface area contributed by atoms with Crippen molar-refractivity contribution in [2.45, 2.75) is 38.4 Å². The van der Waals surface area contributed by atoms with E-state index in [9.17, 15) is 18.3 Å². The molecule has 1 aliphatic carbocycles. The number of halogens is 3. The molecule has 2 N–H and O–H groups in total. The lowest BCUT2D eigenvalue weighted by atomic mass is 9.96. The highest BCUT2D eigenvalue weighted by Gasteiger charge is 2.31. The van der Waals surface area contributed by atoms with E-state index in [0.717, 1.165) is 31.9 Å². The molecule has 118 valence electrons. The molecule has 5 heteroatoms. The molecule has 3 unspecified atom stereocenters. The second kappa shape index (κ2) is 6.79. The van der Waals surface area contributed by atoms with Crippen molar-refractivity contribution < 1.29 is 18.3 Å². The maximum atomic E-state index is 12.7. The summed E-state index contributed by atoms with van der Waals surface area (Å²) < 4.78 is 38.1. The Kier molecular flexibility index (Phi) is 5.27. The molecule has 3 atom stereocenters. The number of hydrogen-bond acceptors (Lipinski definition) is 2. The van der Waals surface area contributed by atoms with Crippen molar-refractivity contribution in [2.24, 2.45) is 11.8 Å². The molecule has 1 saturated carbocycles. The Bertz CT molecular complexity index is 461. The van der Waals surface area contributed by atoms with E-state index in [1.54, 1.807) is 6.07 Å². The Balaban J connectivity index is 1.96. The fourth-order valence-corrected chi connectivity index (χ4v) is 3.05. The van der Waals surface area contributed by atoms with Gasteiger partial charge in [-0.05, 0) is 55.8 Å². The number of nitrogens with one attached hydrogen (secondary N) is 1. The summed E-state index contributed by atoms with van der Waals surface area (Å²) in [5.74, 6) is 0.745. The molecule has 0 aliphatic heterocycles. The first kappa shape index (κ1) is 16.3. The molecular formula is C16H22F3NO. The lowest BCUT2D eigenvalue weighted by Gasteiger charge is -2.22. The van der Waals surface area contributed by atoms with Crippen LogP contribution < -0.4 is 5.32 Å². The van der Waals surface area contributed by atoms with E-state index in [-0.39, 0.29) is 12.6 Å². The molecule has 1 aliphatic rings. The van der Waals surface area contributed by atoms with Gasteiger partial charge in [0.05, 0.1) is 5.56 Å². The summed E-state index contributed by atoms with van der Waals surface area (Å²) in [5, 5.41) is 12.6. The third kappa shape index (κ3) is 4.20. The zero-order valence-electron chi connectivity index (χ0n) is 12.2. The van der Waals surface area contributed by atoms with Gasteiger partial charge in [0.15, 0.2) is 0 Å². The molecule has 1 aromatic carbocycles. The predicted octanol–water partition coefficient (Wildman–Crippen LogP) is 3.76. The number of aliphatic hydroxyl groups is 1. The van der Waals surface area contributed by atoms with Crippen molar-refractivity contribution in [1.29, 1.82) is 0 Å². The number of hydrogen-bond donors (Lipinski definition) is 2. The normalized spacial score (nSPS) is 24.2. The standard InChI is InChI=1S/C16H22F3NO/c1-11(20-9-13-5-2-6-14(13)10-21)12-4-3-7-15(8-12)16(17,18)19/h3-4,7-8,11,13-14,20-21H,2,5-6,9-10H2,1H3. The monoisotopic (exact) mass is 301 g/mol. The molecule has 0 spiro atoms. The van der Waals surface area contributed by atoms with Gasteiger partial charge in [-0.3, -0.25) is 0 Å². The molecule has 2 nitrogen and oxygen atoms in total. The topological polar surface area (TPSA) is 32.3 Å². The van der Waals surface area contributed by atoms with Gasteiger partial charge in [-0.15, -0.1) is 0 Å². The largest absolute Gasteiger partial charge is 0.416 e. The Morgan fingerprint density at radius 2 is 2.00 bits per heavy atom. The van der Waals surface area contributed by atoms with Crippen LogP contribution in [-0.2, 0) is 6.18 Å². The van der Waals surface area contributed by atoms with Crippen LogP contribution in [0.25, 0.3) is 0 Å². The van der Waals surface area contributed by atoms with Crippen LogP contribution in [0.4, 0.5) is 13.2 Å². The Morgan fingerprint density at radius 3 is 2.67 bits per heavy atom. The Labute approximate surface area is 123 Å². The Morgan fingerprint density at radius 1 is 1.29 bits per heavy atom. The van der Waals surface area contributed by atoms with Crippen LogP contribution in [0, 0.1) is 11.8 Å². The molecule has 0 amide bonds. The molecule has 0 heterocycles. The maximum absolute atomic E-state index is 12.7. The fraction of sp³-hybridized carbons (Fsp3) is 0.625. The van der Waals surface area contributed by atoms with Crippen LogP contribution in [0.5, 0.6) is 0 Å². The molecule has 0 aromatic heterocycles. The van der Waals surface area contributed by atoms with Gasteiger partial charge >= 0.3 is 6.18 Å². The van der Waals surface area contributed by atoms with E-state index in [1.807, 2.05) is 6.92 Å². The molecular weight excluding hydrogens is 279 g/mol. The summed E-state index contributed by atoms with van der Waals surface area (Å²) in [5.41, 5.74) is 0.0334. The number of aliphatic hydroxyl groups excluding tert-OH is 1. The Hall–Kier alpha value is -1.07. The smallest absolute Gasteiger partial charge is 0.396 e. The summed E-state index contributed by atoms with van der Waals surface area (Å²) >= 11 is 0. The highest BCUT2D eigenvalue weighted by Crippen LogP contribution is 2.32. The van der Waals surface area contributed by atoms with Crippen molar-refractivity contribution in [3.05, 3.63) is 35.4 Å². The van der Waals surface area contributed by atoms with Crippen LogP contribution in [0.1, 0.15) is 43.4 Å². The molecule has 0 saturated heterocycles. The molecule has 0 radical (unpaired) electrons. The molecule has 1 fully saturated rings. The summed E-state index contributed by atoms with van der Waals surface area (Å²) in [6, 6.07) is 5.32. The van der Waals surface area contributed by atoms with Crippen molar-refractivity contribution in [1.82, 2.24) is 5.32 Å². The van der Waals surface area contributed by atoms with Crippen LogP contribution in [0.2, 0.25) is 0 Å². The van der Waals surface area contributed by atoms with Crippen LogP contribution in [0.15, 0.2) is 24.3 Å². The van der Waals surface area contributed by atoms with Gasteiger partial charge in [-0.1, -0.05) is 18.6 Å². The zero-order chi connectivity index (χ0) is 15.5. The first-order chi connectivity index (χ1) is 9.91. The van der Waals surface area contributed by atoms with E-state index >= 15 is 0 Å². The number of benzene rings is 1. The minimum Gasteiger partial charge on any atom is -0.396 e. The summed E-state index contributed by atoms with van der Waals surface area (Å²) in [4.78, 5) is 0. The van der Waals surface area contributed by atoms with Gasteiger partial charge in [0.2, 0.25) is 0 Å². The fourth-order valence-electron chi connectivity index (χ4n) is 3.05. The SMILES string of the molecule is CC(NCC1CCCC1CO)c1cccc(C(F)(F)F)c1. The van der Waals surface area contributed by atoms with Crippen molar-refractivity contribution in [3.8, 4) is 0 Å². The second-order valence-electron chi connectivity index (χ2n) is 5.89. The average molecular weight is 301 g/mol. The van der Waals surface area contributed by atoms with Crippen LogP contribution >= 0.6 is 0 Å². The van der Waals surface area contributed by atoms with Crippen LogP contribution in [-0.4, -0.2) is 18.3 Å². The first-order valence-electron chi connectivity index (χ1n) is 7.43. The van der Waals surface area contributed by atoms with E-state index in [2.05, 4.69) is 5.32 Å². The van der Waals surface area contributed by atoms with Gasteiger partial charge in [-0.25, -0.2) is 0 Å². The van der Waals surface area contributed by atoms with Gasteiger partial charge in [0.25, 0.3) is 0 Å². The minimum absolute atomic E-state index is 0.132. The van der Waals surface area contributed by atoms with Gasteiger partial charge < -0.3 is 10.4 Å². The van der Waals surface area contributed by atoms with E-state index in [0.29, 0.717) is 17.4 Å². The third-order valence-corrected chi connectivity index (χ3v) is 4.45. The average Bonchev–Trinajstić information content (AvgIpc) is 2.91. The lowest BCUT2D eigenvalue weighted by Crippen LogP contribution is -2.29. The van der Waals surface area contributed by atoms with Crippen molar-refractivity contribution in [2.75, 3.05) is 13.2 Å². The van der Waals surface area contributed by atoms with E-state index < -0.39 is 11.7 Å². The van der Waals surface area contributed by atoms with E-state index in [1.165, 1.54) is 12.1 Å². The predicted molar refractivity (Wildman–Crippen MR) is 75.8 cm³/mol. The number of alkyl halides is 3. The molecule has 1 aromatic rings. The molecule has 0 bridgehead atoms. The summed E-state index contributed by atoms with van der Waals surface area (Å²) in [6.45, 7) is 2.81. The quantitative estimate of drug-likeness (QED) is 0.868. The molecule has 2 rings (SSSR count). The second-order valence-corrected chi connectivity index (χ2v) is 5.89. The maximum Gasteiger partial charge on any atom is 0.416 e. The van der Waals surface area contributed by atoms with E-state index in [4.69, 9.17) is 0 Å². The van der Waals surface area contributed by atoms with Gasteiger partial charge in [0.1, 0.15) is 0 Å². The number of rotatable bonds is 5. The van der Waals surface area contributed by atoms with Crippen molar-refractivity contribution in [3.63, 3.8) is 0 Å². The summed E-state index contributed by atoms with van der Waals surface area (Å²) in [6.07, 6.45) is -1.06. The lowest BCUT2D eigenvalue weighted by molar-refractivity contribution is -0.137. The highest BCUT2D eigenvalue weighted by molar-refractivity contribution is 5.27. The minimum atomic E-state index is -4.30. The zero-order valence-corrected chi connectivity index (χ0v) is 12.2.